The average molecular weight is 289 g/mol. The molecule has 2 aromatic carbocycles. The van der Waals surface area contributed by atoms with Crippen LogP contribution in [0.15, 0.2) is 47.6 Å². The average Bonchev–Trinajstić information content (AvgIpc) is 2.49. The Balaban J connectivity index is 2.12. The minimum atomic E-state index is -0.276. The van der Waals surface area contributed by atoms with Crippen molar-refractivity contribution in [2.45, 2.75) is 13.5 Å². The van der Waals surface area contributed by atoms with E-state index in [0.29, 0.717) is 30.3 Å². The summed E-state index contributed by atoms with van der Waals surface area (Å²) in [7, 11) is 0. The van der Waals surface area contributed by atoms with Gasteiger partial charge in [-0.05, 0) is 42.8 Å². The molecule has 0 unspecified atom stereocenters. The summed E-state index contributed by atoms with van der Waals surface area (Å²) in [6.07, 6.45) is 1.31. The van der Waals surface area contributed by atoms with Crippen molar-refractivity contribution in [2.75, 3.05) is 6.61 Å². The largest absolute Gasteiger partial charge is 0.490 e. The molecule has 0 amide bonds. The standard InChI is InChI=1S/C16H16FNO3/c1-2-20-16-9-13(10-18-19)5-8-15(16)21-11-12-3-6-14(17)7-4-12/h3-10,19H,2,11H2,1H3/b18-10+. The van der Waals surface area contributed by atoms with Crippen molar-refractivity contribution in [1.29, 1.82) is 0 Å². The summed E-state index contributed by atoms with van der Waals surface area (Å²) in [6.45, 7) is 2.68. The van der Waals surface area contributed by atoms with Crippen molar-refractivity contribution < 1.29 is 19.1 Å². The van der Waals surface area contributed by atoms with Crippen LogP contribution in [0.25, 0.3) is 0 Å². The van der Waals surface area contributed by atoms with E-state index in [1.165, 1.54) is 18.3 Å². The van der Waals surface area contributed by atoms with Gasteiger partial charge in [-0.25, -0.2) is 4.39 Å². The summed E-state index contributed by atoms with van der Waals surface area (Å²) < 4.78 is 24.0. The van der Waals surface area contributed by atoms with Gasteiger partial charge in [-0.15, -0.1) is 0 Å². The van der Waals surface area contributed by atoms with Crippen molar-refractivity contribution in [3.63, 3.8) is 0 Å². The summed E-state index contributed by atoms with van der Waals surface area (Å²) in [5, 5.41) is 11.5. The Morgan fingerprint density at radius 2 is 1.86 bits per heavy atom. The fourth-order valence-electron chi connectivity index (χ4n) is 1.80. The number of benzene rings is 2. The van der Waals surface area contributed by atoms with Crippen LogP contribution in [0.4, 0.5) is 4.39 Å². The van der Waals surface area contributed by atoms with E-state index in [1.54, 1.807) is 30.3 Å². The highest BCUT2D eigenvalue weighted by molar-refractivity contribution is 5.80. The zero-order chi connectivity index (χ0) is 15.1. The van der Waals surface area contributed by atoms with Crippen molar-refractivity contribution in [3.8, 4) is 11.5 Å². The van der Waals surface area contributed by atoms with Crippen molar-refractivity contribution >= 4 is 6.21 Å². The molecule has 5 heteroatoms. The molecule has 0 aliphatic heterocycles. The van der Waals surface area contributed by atoms with Crippen molar-refractivity contribution in [2.24, 2.45) is 5.16 Å². The third-order valence-electron chi connectivity index (χ3n) is 2.78. The van der Waals surface area contributed by atoms with Crippen LogP contribution in [0.2, 0.25) is 0 Å². The molecule has 0 radical (unpaired) electrons. The summed E-state index contributed by atoms with van der Waals surface area (Å²) >= 11 is 0. The van der Waals surface area contributed by atoms with Crippen LogP contribution in [0.1, 0.15) is 18.1 Å². The molecule has 0 aliphatic rings. The quantitative estimate of drug-likeness (QED) is 0.502. The molecule has 1 N–H and O–H groups in total. The molecular formula is C16H16FNO3. The smallest absolute Gasteiger partial charge is 0.161 e. The lowest BCUT2D eigenvalue weighted by atomic mass is 10.2. The number of rotatable bonds is 6. The summed E-state index contributed by atoms with van der Waals surface area (Å²) in [5.74, 6) is 0.870. The van der Waals surface area contributed by atoms with Gasteiger partial charge in [0.05, 0.1) is 12.8 Å². The first-order chi connectivity index (χ1) is 10.2. The third-order valence-corrected chi connectivity index (χ3v) is 2.78. The lowest BCUT2D eigenvalue weighted by molar-refractivity contribution is 0.269. The molecule has 0 atom stereocenters. The molecule has 0 fully saturated rings. The number of hydrogen-bond acceptors (Lipinski definition) is 4. The Kier molecular flexibility index (Phi) is 5.15. The highest BCUT2D eigenvalue weighted by atomic mass is 19.1. The second-order valence-corrected chi connectivity index (χ2v) is 4.30. The Hall–Kier alpha value is -2.56. The van der Waals surface area contributed by atoms with E-state index in [4.69, 9.17) is 14.7 Å². The zero-order valence-electron chi connectivity index (χ0n) is 11.6. The van der Waals surface area contributed by atoms with Crippen LogP contribution < -0.4 is 9.47 Å². The summed E-state index contributed by atoms with van der Waals surface area (Å²) in [5.41, 5.74) is 1.56. The maximum Gasteiger partial charge on any atom is 0.161 e. The molecule has 0 saturated heterocycles. The monoisotopic (exact) mass is 289 g/mol. The first kappa shape index (κ1) is 14.8. The third kappa shape index (κ3) is 4.21. The van der Waals surface area contributed by atoms with Gasteiger partial charge in [0.1, 0.15) is 12.4 Å². The van der Waals surface area contributed by atoms with Gasteiger partial charge in [0.25, 0.3) is 0 Å². The minimum absolute atomic E-state index is 0.276. The van der Waals surface area contributed by atoms with Gasteiger partial charge in [0.2, 0.25) is 0 Å². The minimum Gasteiger partial charge on any atom is -0.490 e. The SMILES string of the molecule is CCOc1cc(/C=N/O)ccc1OCc1ccc(F)cc1. The summed E-state index contributed by atoms with van der Waals surface area (Å²) in [4.78, 5) is 0. The van der Waals surface area contributed by atoms with Gasteiger partial charge in [-0.2, -0.15) is 0 Å². The number of oxime groups is 1. The van der Waals surface area contributed by atoms with E-state index < -0.39 is 0 Å². The molecule has 0 spiro atoms. The molecule has 21 heavy (non-hydrogen) atoms. The van der Waals surface area contributed by atoms with Gasteiger partial charge >= 0.3 is 0 Å². The lowest BCUT2D eigenvalue weighted by Crippen LogP contribution is -2.00. The maximum absolute atomic E-state index is 12.8. The molecule has 0 aromatic heterocycles. The fraction of sp³-hybridized carbons (Fsp3) is 0.188. The predicted molar refractivity (Wildman–Crippen MR) is 77.7 cm³/mol. The van der Waals surface area contributed by atoms with Crippen LogP contribution in [0.5, 0.6) is 11.5 Å². The number of halogens is 1. The van der Waals surface area contributed by atoms with E-state index in [0.717, 1.165) is 5.56 Å². The van der Waals surface area contributed by atoms with E-state index >= 15 is 0 Å². The molecule has 0 heterocycles. The molecular weight excluding hydrogens is 273 g/mol. The molecule has 2 rings (SSSR count). The number of nitrogens with zero attached hydrogens (tertiary/aromatic N) is 1. The Bertz CT molecular complexity index is 611. The molecule has 2 aromatic rings. The van der Waals surface area contributed by atoms with Gasteiger partial charge in [0, 0.05) is 5.56 Å². The zero-order valence-corrected chi connectivity index (χ0v) is 11.6. The number of hydrogen-bond donors (Lipinski definition) is 1. The van der Waals surface area contributed by atoms with E-state index in [9.17, 15) is 4.39 Å². The Labute approximate surface area is 122 Å². The highest BCUT2D eigenvalue weighted by Crippen LogP contribution is 2.28. The first-order valence-corrected chi connectivity index (χ1v) is 6.54. The molecule has 0 saturated carbocycles. The van der Waals surface area contributed by atoms with Gasteiger partial charge in [0.15, 0.2) is 11.5 Å². The van der Waals surface area contributed by atoms with Gasteiger partial charge in [-0.1, -0.05) is 17.3 Å². The van der Waals surface area contributed by atoms with Gasteiger partial charge in [-0.3, -0.25) is 0 Å². The molecule has 0 bridgehead atoms. The lowest BCUT2D eigenvalue weighted by Gasteiger charge is -2.12. The Morgan fingerprint density at radius 3 is 2.52 bits per heavy atom. The van der Waals surface area contributed by atoms with Crippen LogP contribution in [-0.4, -0.2) is 18.0 Å². The van der Waals surface area contributed by atoms with E-state index in [1.807, 2.05) is 6.92 Å². The normalized spacial score (nSPS) is 10.8. The first-order valence-electron chi connectivity index (χ1n) is 6.54. The molecule has 110 valence electrons. The fourth-order valence-corrected chi connectivity index (χ4v) is 1.80. The van der Waals surface area contributed by atoms with Gasteiger partial charge < -0.3 is 14.7 Å². The summed E-state index contributed by atoms with van der Waals surface area (Å²) in [6, 6.07) is 11.3. The van der Waals surface area contributed by atoms with Crippen molar-refractivity contribution in [1.82, 2.24) is 0 Å². The van der Waals surface area contributed by atoms with Crippen LogP contribution >= 0.6 is 0 Å². The molecule has 4 nitrogen and oxygen atoms in total. The van der Waals surface area contributed by atoms with Crippen LogP contribution in [-0.2, 0) is 6.61 Å². The Morgan fingerprint density at radius 1 is 1.10 bits per heavy atom. The van der Waals surface area contributed by atoms with Crippen LogP contribution in [0.3, 0.4) is 0 Å². The topological polar surface area (TPSA) is 51.0 Å². The maximum atomic E-state index is 12.8. The predicted octanol–water partition coefficient (Wildman–Crippen LogP) is 3.61. The number of ether oxygens (including phenoxy) is 2. The van der Waals surface area contributed by atoms with E-state index in [-0.39, 0.29) is 5.82 Å². The second-order valence-electron chi connectivity index (χ2n) is 4.30. The second kappa shape index (κ2) is 7.28. The van der Waals surface area contributed by atoms with E-state index in [2.05, 4.69) is 5.16 Å². The highest BCUT2D eigenvalue weighted by Gasteiger charge is 2.06. The molecule has 0 aliphatic carbocycles. The van der Waals surface area contributed by atoms with Crippen LogP contribution in [0, 0.1) is 5.82 Å². The van der Waals surface area contributed by atoms with Crippen molar-refractivity contribution in [3.05, 3.63) is 59.4 Å².